The molecule has 3 fully saturated rings. The van der Waals surface area contributed by atoms with Crippen LogP contribution in [0, 0.1) is 12.3 Å². The molecule has 16 heteroatoms. The van der Waals surface area contributed by atoms with E-state index in [0.29, 0.717) is 63.1 Å². The molecule has 2 unspecified atom stereocenters. The molecule has 3 aromatic rings. The molecule has 3 heterocycles. The number of ether oxygens (including phenoxy) is 3. The molecule has 0 saturated carbocycles. The maximum atomic E-state index is 14.8. The van der Waals surface area contributed by atoms with Gasteiger partial charge in [-0.2, -0.15) is 0 Å². The van der Waals surface area contributed by atoms with Gasteiger partial charge in [-0.1, -0.05) is 41.4 Å². The van der Waals surface area contributed by atoms with E-state index >= 15 is 0 Å². The molecule has 3 aromatic carbocycles. The zero-order valence-corrected chi connectivity index (χ0v) is 37.9. The lowest BCUT2D eigenvalue weighted by atomic mass is 10.0. The zero-order chi connectivity index (χ0) is 44.8. The van der Waals surface area contributed by atoms with Gasteiger partial charge >= 0.3 is 13.9 Å². The number of fused-ring (bicyclic) bond motifs is 2. The minimum absolute atomic E-state index is 0.00576. The van der Waals surface area contributed by atoms with Crippen molar-refractivity contribution in [3.8, 4) is 5.75 Å². The molecule has 0 aliphatic carbocycles. The Morgan fingerprint density at radius 3 is 2.45 bits per heavy atom. The Kier molecular flexibility index (Phi) is 15.5. The van der Waals surface area contributed by atoms with Gasteiger partial charge in [-0.3, -0.25) is 24.1 Å². The quantitative estimate of drug-likeness (QED) is 0.0958. The molecule has 3 aliphatic heterocycles. The number of carbonyl (C=O) groups excluding carboxylic acids is 4. The third-order valence-corrected chi connectivity index (χ3v) is 14.1. The number of aromatic hydroxyl groups is 1. The van der Waals surface area contributed by atoms with Crippen LogP contribution in [0.3, 0.4) is 0 Å². The number of phenolic OH excluding ortho intramolecular Hbond substituents is 1. The number of benzene rings is 3. The number of nitrogens with zero attached hydrogens (tertiary/aromatic N) is 4. The molecule has 62 heavy (non-hydrogen) atoms. The predicted molar refractivity (Wildman–Crippen MR) is 237 cm³/mol. The highest BCUT2D eigenvalue weighted by Gasteiger charge is 2.47. The van der Waals surface area contributed by atoms with E-state index in [9.17, 15) is 28.8 Å². The molecule has 15 nitrogen and oxygen atoms in total. The van der Waals surface area contributed by atoms with Crippen LogP contribution in [0.15, 0.2) is 54.6 Å². The number of hydrogen-bond donors (Lipinski definition) is 3. The van der Waals surface area contributed by atoms with E-state index in [1.807, 2.05) is 63.8 Å². The minimum atomic E-state index is -2.02. The van der Waals surface area contributed by atoms with Gasteiger partial charge in [0.1, 0.15) is 23.9 Å². The Balaban J connectivity index is 1.21. The highest BCUT2D eigenvalue weighted by atomic mass is 31.1. The van der Waals surface area contributed by atoms with Crippen molar-refractivity contribution in [1.82, 2.24) is 24.7 Å². The summed E-state index contributed by atoms with van der Waals surface area (Å²) >= 11 is 0. The summed E-state index contributed by atoms with van der Waals surface area (Å²) < 4.78 is 32.4. The summed E-state index contributed by atoms with van der Waals surface area (Å²) in [4.78, 5) is 61.1. The van der Waals surface area contributed by atoms with E-state index in [2.05, 4.69) is 5.32 Å². The zero-order valence-electron chi connectivity index (χ0n) is 37.0. The average molecular weight is 874 g/mol. The third kappa shape index (κ3) is 10.9. The number of carbonyl (C=O) groups is 4. The Morgan fingerprint density at radius 1 is 1.00 bits per heavy atom. The van der Waals surface area contributed by atoms with Gasteiger partial charge in [0, 0.05) is 56.0 Å². The molecule has 0 spiro atoms. The van der Waals surface area contributed by atoms with E-state index in [1.54, 1.807) is 54.1 Å². The number of esters is 1. The average Bonchev–Trinajstić information content (AvgIpc) is 3.68. The van der Waals surface area contributed by atoms with Gasteiger partial charge in [0.15, 0.2) is 5.66 Å². The van der Waals surface area contributed by atoms with Gasteiger partial charge in [0.05, 0.1) is 37.9 Å². The van der Waals surface area contributed by atoms with Gasteiger partial charge in [-0.15, -0.1) is 0 Å². The predicted octanol–water partition coefficient (Wildman–Crippen LogP) is 5.77. The first-order valence-corrected chi connectivity index (χ1v) is 23.0. The van der Waals surface area contributed by atoms with Crippen molar-refractivity contribution in [2.45, 2.75) is 109 Å². The Labute approximate surface area is 365 Å². The molecule has 3 amide bonds. The SMILES string of the molecule is CCCOC(=O)[C@H](C)N(C)[P+](=O)C(C)c1ccc2ccc(C(=O)N[C@H]3CN(COCC(=N)c4cc(C)ccc4O)CC[C@H]4CC[C@@H](C(=O)N5C[C@@H](C)O[C@@H](C)C5)N4C3=O)cc2c1. The molecule has 334 valence electrons. The fourth-order valence-corrected chi connectivity index (χ4v) is 10.1. The van der Waals surface area contributed by atoms with Crippen LogP contribution in [-0.2, 0) is 33.2 Å². The summed E-state index contributed by atoms with van der Waals surface area (Å²) in [6.07, 6.45) is 2.18. The van der Waals surface area contributed by atoms with Crippen LogP contribution in [0.25, 0.3) is 10.8 Å². The van der Waals surface area contributed by atoms with Gasteiger partial charge in [0.2, 0.25) is 11.8 Å². The summed E-state index contributed by atoms with van der Waals surface area (Å²) in [6, 6.07) is 13.4. The molecular formula is C46H62N6O9P+. The number of rotatable bonds is 15. The molecule has 3 saturated heterocycles. The number of hydrogen-bond acceptors (Lipinski definition) is 11. The van der Waals surface area contributed by atoms with Crippen molar-refractivity contribution in [3.63, 3.8) is 0 Å². The van der Waals surface area contributed by atoms with Crippen LogP contribution in [0.5, 0.6) is 5.75 Å². The van der Waals surface area contributed by atoms with Crippen LogP contribution in [0.4, 0.5) is 0 Å². The van der Waals surface area contributed by atoms with Crippen molar-refractivity contribution in [3.05, 3.63) is 76.9 Å². The lowest BCUT2D eigenvalue weighted by Gasteiger charge is -2.41. The topological polar surface area (TPSA) is 182 Å². The summed E-state index contributed by atoms with van der Waals surface area (Å²) in [7, 11) is -0.375. The second kappa shape index (κ2) is 20.6. The van der Waals surface area contributed by atoms with Crippen LogP contribution < -0.4 is 5.32 Å². The number of aryl methyl sites for hydroxylation is 1. The van der Waals surface area contributed by atoms with E-state index in [-0.39, 0.29) is 61.4 Å². The lowest BCUT2D eigenvalue weighted by Crippen LogP contribution is -2.62. The normalized spacial score (nSPS) is 23.3. The van der Waals surface area contributed by atoms with E-state index in [4.69, 9.17) is 19.6 Å². The summed E-state index contributed by atoms with van der Waals surface area (Å²) in [6.45, 7) is 13.0. The minimum Gasteiger partial charge on any atom is -0.507 e. The highest BCUT2D eigenvalue weighted by Crippen LogP contribution is 2.45. The first-order valence-electron chi connectivity index (χ1n) is 21.7. The van der Waals surface area contributed by atoms with Crippen molar-refractivity contribution < 1.29 is 43.1 Å². The van der Waals surface area contributed by atoms with Crippen molar-refractivity contribution in [2.75, 3.05) is 53.2 Å². The molecule has 8 atom stereocenters. The van der Waals surface area contributed by atoms with Gasteiger partial charge in [-0.05, 0) is 106 Å². The van der Waals surface area contributed by atoms with E-state index < -0.39 is 43.6 Å². The Bertz CT molecular complexity index is 2160. The number of phenols is 1. The van der Waals surface area contributed by atoms with Crippen LogP contribution >= 0.6 is 7.95 Å². The molecule has 0 aromatic heterocycles. The van der Waals surface area contributed by atoms with Crippen LogP contribution in [0.1, 0.15) is 93.0 Å². The first-order chi connectivity index (χ1) is 29.6. The van der Waals surface area contributed by atoms with E-state index in [0.717, 1.165) is 21.9 Å². The molecular weight excluding hydrogens is 812 g/mol. The Hall–Kier alpha value is -4.79. The Morgan fingerprint density at radius 2 is 1.73 bits per heavy atom. The van der Waals surface area contributed by atoms with Crippen molar-refractivity contribution >= 4 is 48.1 Å². The van der Waals surface area contributed by atoms with Gasteiger partial charge in [0.25, 0.3) is 5.91 Å². The summed E-state index contributed by atoms with van der Waals surface area (Å²) in [5.74, 6) is -1.35. The maximum absolute atomic E-state index is 14.8. The molecule has 6 rings (SSSR count). The van der Waals surface area contributed by atoms with Gasteiger partial charge < -0.3 is 39.8 Å². The van der Waals surface area contributed by atoms with Crippen LogP contribution in [-0.4, -0.2) is 143 Å². The van der Waals surface area contributed by atoms with E-state index in [1.165, 1.54) is 4.67 Å². The highest BCUT2D eigenvalue weighted by molar-refractivity contribution is 7.42. The molecule has 0 bridgehead atoms. The first kappa shape index (κ1) is 46.7. The third-order valence-electron chi connectivity index (χ3n) is 12.2. The van der Waals surface area contributed by atoms with Crippen LogP contribution in [0.2, 0.25) is 0 Å². The van der Waals surface area contributed by atoms with Crippen molar-refractivity contribution in [2.24, 2.45) is 0 Å². The largest absolute Gasteiger partial charge is 0.507 e. The maximum Gasteiger partial charge on any atom is 0.443 e. The summed E-state index contributed by atoms with van der Waals surface area (Å²) in [5, 5.41) is 23.6. The fourth-order valence-electron chi connectivity index (χ4n) is 8.68. The number of likely N-dealkylation sites (N-methyl/N-ethyl adjacent to an activating group) is 1. The molecule has 3 N–H and O–H groups in total. The second-order valence-electron chi connectivity index (χ2n) is 17.1. The number of morpholine rings is 1. The smallest absolute Gasteiger partial charge is 0.443 e. The molecule has 3 aliphatic rings. The number of amides is 3. The summed E-state index contributed by atoms with van der Waals surface area (Å²) in [5.41, 5.74) is 2.05. The van der Waals surface area contributed by atoms with Gasteiger partial charge in [-0.25, -0.2) is 0 Å². The monoisotopic (exact) mass is 873 g/mol. The fraction of sp³-hybridized carbons (Fsp3) is 0.543. The second-order valence-corrected chi connectivity index (χ2v) is 19.1. The lowest BCUT2D eigenvalue weighted by molar-refractivity contribution is -0.154. The number of nitrogens with one attached hydrogen (secondary N) is 2. The standard InChI is InChI=1S/C46H61N6O9P/c1-8-19-60-46(57)31(5)49(7)62(58)32(6)34-12-10-33-11-13-35(22-36(33)21-34)43(54)48-40-25-50(27-59-26-39(47)38-20-28(2)9-16-42(38)53)18-17-37-14-15-41(52(37)44(40)55)45(56)51-23-29(3)61-30(4)24-51/h9-13,16,20-22,29-32,37,40-41H,8,14-15,17-19,23-27H2,1-7H3,(H2-,47,48,53,54)/p+1/t29-,30+,31-,32?,37+,40-,41-/m0/s1. The molecule has 0 radical (unpaired) electrons. The van der Waals surface area contributed by atoms with Crippen molar-refractivity contribution in [1.29, 1.82) is 5.41 Å².